The number of hydrogen-bond donors (Lipinski definition) is 2. The van der Waals surface area contributed by atoms with Crippen LogP contribution in [0.4, 0.5) is 0 Å². The van der Waals surface area contributed by atoms with E-state index >= 15 is 0 Å². The molecule has 1 fully saturated rings. The molecule has 0 aromatic heterocycles. The lowest BCUT2D eigenvalue weighted by Gasteiger charge is -1.93. The van der Waals surface area contributed by atoms with Gasteiger partial charge in [-0.3, -0.25) is 0 Å². The molecule has 54 valence electrons. The molecule has 1 saturated heterocycles. The highest BCUT2D eigenvalue weighted by Crippen LogP contribution is 2.16. The number of benzene rings is 1. The normalized spacial score (nSPS) is 15.9. The van der Waals surface area contributed by atoms with Gasteiger partial charge in [-0.15, -0.1) is 0 Å². The summed E-state index contributed by atoms with van der Waals surface area (Å²) in [4.78, 5) is 0. The van der Waals surface area contributed by atoms with Gasteiger partial charge in [0.25, 0.3) is 0 Å². The molecule has 0 atom stereocenters. The van der Waals surface area contributed by atoms with Crippen molar-refractivity contribution in [3.63, 3.8) is 0 Å². The quantitative estimate of drug-likeness (QED) is 0.570. The molecule has 0 amide bonds. The van der Waals surface area contributed by atoms with E-state index in [9.17, 15) is 0 Å². The molecule has 1 heterocycles. The Bertz CT molecular complexity index is 309. The third kappa shape index (κ3) is 1.22. The van der Waals surface area contributed by atoms with Crippen LogP contribution in [0.3, 0.4) is 0 Å². The Hall–Kier alpha value is -1.37. The van der Waals surface area contributed by atoms with Crippen LogP contribution in [0.5, 0.6) is 0 Å². The number of hydrogen-bond acceptors (Lipinski definition) is 3. The van der Waals surface area contributed by atoms with Gasteiger partial charge < -0.3 is 0 Å². The van der Waals surface area contributed by atoms with Gasteiger partial charge in [-0.2, -0.15) is 5.26 Å². The molecule has 0 spiro atoms. The van der Waals surface area contributed by atoms with Crippen molar-refractivity contribution in [3.8, 4) is 6.07 Å². The van der Waals surface area contributed by atoms with E-state index in [4.69, 9.17) is 5.26 Å². The minimum absolute atomic E-state index is 0.253. The van der Waals surface area contributed by atoms with Crippen LogP contribution in [0.15, 0.2) is 24.3 Å². The zero-order chi connectivity index (χ0) is 7.68. The van der Waals surface area contributed by atoms with Crippen LogP contribution < -0.4 is 10.9 Å². The van der Waals surface area contributed by atoms with Gasteiger partial charge in [-0.25, -0.2) is 10.9 Å². The van der Waals surface area contributed by atoms with E-state index in [0.29, 0.717) is 5.56 Å². The number of nitrogens with one attached hydrogen (secondary N) is 2. The molecule has 11 heavy (non-hydrogen) atoms. The van der Waals surface area contributed by atoms with Gasteiger partial charge >= 0.3 is 0 Å². The smallest absolute Gasteiger partial charge is 0.109 e. The molecule has 2 rings (SSSR count). The van der Waals surface area contributed by atoms with E-state index in [-0.39, 0.29) is 6.17 Å². The van der Waals surface area contributed by atoms with Crippen LogP contribution in [0.1, 0.15) is 17.3 Å². The van der Waals surface area contributed by atoms with Crippen molar-refractivity contribution in [2.24, 2.45) is 0 Å². The lowest BCUT2D eigenvalue weighted by Crippen LogP contribution is -1.85. The monoisotopic (exact) mass is 145 g/mol. The molecule has 1 aliphatic heterocycles. The highest BCUT2D eigenvalue weighted by atomic mass is 15.6. The summed E-state index contributed by atoms with van der Waals surface area (Å²) < 4.78 is 0. The van der Waals surface area contributed by atoms with Gasteiger partial charge in [0, 0.05) is 0 Å². The van der Waals surface area contributed by atoms with Crippen molar-refractivity contribution < 1.29 is 0 Å². The SMILES string of the molecule is N#Cc1cccc(C2NN2)c1. The summed E-state index contributed by atoms with van der Waals surface area (Å²) in [6, 6.07) is 9.63. The van der Waals surface area contributed by atoms with E-state index in [1.165, 1.54) is 0 Å². The molecule has 0 aliphatic carbocycles. The Kier molecular flexibility index (Phi) is 1.35. The summed E-state index contributed by atoms with van der Waals surface area (Å²) in [6.07, 6.45) is 0.253. The van der Waals surface area contributed by atoms with E-state index < -0.39 is 0 Å². The molecule has 0 radical (unpaired) electrons. The zero-order valence-electron chi connectivity index (χ0n) is 5.83. The standard InChI is InChI=1S/C8H7N3/c9-5-6-2-1-3-7(4-6)8-10-11-8/h1-4,8,10-11H. The van der Waals surface area contributed by atoms with Crippen LogP contribution in [-0.4, -0.2) is 0 Å². The van der Waals surface area contributed by atoms with Gasteiger partial charge in [0.15, 0.2) is 0 Å². The predicted molar refractivity (Wildman–Crippen MR) is 40.2 cm³/mol. The molecule has 0 unspecified atom stereocenters. The van der Waals surface area contributed by atoms with Crippen molar-refractivity contribution in [1.82, 2.24) is 10.9 Å². The third-order valence-electron chi connectivity index (χ3n) is 1.64. The van der Waals surface area contributed by atoms with Crippen LogP contribution in [-0.2, 0) is 0 Å². The average molecular weight is 145 g/mol. The molecule has 1 aromatic rings. The Morgan fingerprint density at radius 1 is 1.36 bits per heavy atom. The highest BCUT2D eigenvalue weighted by molar-refractivity contribution is 5.34. The molecule has 0 bridgehead atoms. The Labute approximate surface area is 64.6 Å². The summed E-state index contributed by atoms with van der Waals surface area (Å²) in [5, 5.41) is 8.57. The van der Waals surface area contributed by atoms with Crippen molar-refractivity contribution in [2.75, 3.05) is 0 Å². The molecule has 1 aliphatic rings. The maximum absolute atomic E-state index is 8.57. The van der Waals surface area contributed by atoms with Gasteiger partial charge in [-0.1, -0.05) is 12.1 Å². The Morgan fingerprint density at radius 3 is 2.82 bits per heavy atom. The number of rotatable bonds is 1. The first-order valence-corrected chi connectivity index (χ1v) is 3.41. The Balaban J connectivity index is 2.35. The molecular weight excluding hydrogens is 138 g/mol. The largest absolute Gasteiger partial charge is 0.234 e. The fourth-order valence-electron chi connectivity index (χ4n) is 0.996. The van der Waals surface area contributed by atoms with Gasteiger partial charge in [-0.05, 0) is 17.7 Å². The first-order valence-electron chi connectivity index (χ1n) is 3.41. The van der Waals surface area contributed by atoms with E-state index in [0.717, 1.165) is 5.56 Å². The van der Waals surface area contributed by atoms with Crippen molar-refractivity contribution >= 4 is 0 Å². The summed E-state index contributed by atoms with van der Waals surface area (Å²) in [5.41, 5.74) is 7.71. The van der Waals surface area contributed by atoms with Gasteiger partial charge in [0.05, 0.1) is 11.6 Å². The Morgan fingerprint density at radius 2 is 2.18 bits per heavy atom. The van der Waals surface area contributed by atoms with Crippen LogP contribution in [0.2, 0.25) is 0 Å². The second-order valence-corrected chi connectivity index (χ2v) is 2.46. The molecular formula is C8H7N3. The lowest BCUT2D eigenvalue weighted by molar-refractivity contribution is 1.06. The van der Waals surface area contributed by atoms with Gasteiger partial charge in [0.1, 0.15) is 6.17 Å². The second kappa shape index (κ2) is 2.35. The second-order valence-electron chi connectivity index (χ2n) is 2.46. The van der Waals surface area contributed by atoms with Crippen LogP contribution in [0.25, 0.3) is 0 Å². The first kappa shape index (κ1) is 6.35. The summed E-state index contributed by atoms with van der Waals surface area (Å²) in [5.74, 6) is 0. The number of nitrogens with zero attached hydrogens (tertiary/aromatic N) is 1. The molecule has 0 saturated carbocycles. The van der Waals surface area contributed by atoms with Crippen molar-refractivity contribution in [1.29, 1.82) is 5.26 Å². The van der Waals surface area contributed by atoms with Crippen LogP contribution >= 0.6 is 0 Å². The topological polar surface area (TPSA) is 67.7 Å². The van der Waals surface area contributed by atoms with E-state index in [1.54, 1.807) is 6.07 Å². The minimum atomic E-state index is 0.253. The maximum atomic E-state index is 8.57. The fraction of sp³-hybridized carbons (Fsp3) is 0.125. The fourth-order valence-corrected chi connectivity index (χ4v) is 0.996. The third-order valence-corrected chi connectivity index (χ3v) is 1.64. The number of hydrazine groups is 1. The lowest BCUT2D eigenvalue weighted by atomic mass is 10.1. The predicted octanol–water partition coefficient (Wildman–Crippen LogP) is 0.665. The molecule has 3 heteroatoms. The number of nitriles is 1. The average Bonchev–Trinajstić information content (AvgIpc) is 2.87. The minimum Gasteiger partial charge on any atom is -0.234 e. The van der Waals surface area contributed by atoms with E-state index in [1.807, 2.05) is 18.2 Å². The molecule has 3 nitrogen and oxygen atoms in total. The van der Waals surface area contributed by atoms with Crippen molar-refractivity contribution in [3.05, 3.63) is 35.4 Å². The van der Waals surface area contributed by atoms with Crippen molar-refractivity contribution in [2.45, 2.75) is 6.17 Å². The summed E-state index contributed by atoms with van der Waals surface area (Å²) in [6.45, 7) is 0. The maximum Gasteiger partial charge on any atom is 0.109 e. The molecule has 2 N–H and O–H groups in total. The summed E-state index contributed by atoms with van der Waals surface area (Å²) in [7, 11) is 0. The van der Waals surface area contributed by atoms with Crippen LogP contribution in [0, 0.1) is 11.3 Å². The van der Waals surface area contributed by atoms with E-state index in [2.05, 4.69) is 16.9 Å². The van der Waals surface area contributed by atoms with Gasteiger partial charge in [0.2, 0.25) is 0 Å². The summed E-state index contributed by atoms with van der Waals surface area (Å²) >= 11 is 0. The zero-order valence-corrected chi connectivity index (χ0v) is 5.83. The first-order chi connectivity index (χ1) is 5.40. The highest BCUT2D eigenvalue weighted by Gasteiger charge is 2.20. The molecule has 1 aromatic carbocycles.